The van der Waals surface area contributed by atoms with Gasteiger partial charge in [0, 0.05) is 22.9 Å². The standard InChI is InChI=1S/C10H9BrN2O.C6H10O/c1-6-9(12)10(14-13-6)7-2-4-8(11)5-3-7;7-6-4-2-1-3-5-6/h2-5H,12H2,1H3;1-5H2. The van der Waals surface area contributed by atoms with Crippen LogP contribution in [0.25, 0.3) is 11.3 Å². The molecule has 112 valence electrons. The number of carbonyl (C=O) groups is 1. The van der Waals surface area contributed by atoms with Crippen LogP contribution in [0, 0.1) is 6.92 Å². The third-order valence-corrected chi connectivity index (χ3v) is 3.95. The summed E-state index contributed by atoms with van der Waals surface area (Å²) in [7, 11) is 0. The van der Waals surface area contributed by atoms with E-state index < -0.39 is 0 Å². The summed E-state index contributed by atoms with van der Waals surface area (Å²) in [5.41, 5.74) is 8.07. The number of anilines is 1. The van der Waals surface area contributed by atoms with E-state index in [1.807, 2.05) is 31.2 Å². The maximum absolute atomic E-state index is 10.5. The number of hydrogen-bond donors (Lipinski definition) is 1. The highest BCUT2D eigenvalue weighted by Gasteiger charge is 2.10. The van der Waals surface area contributed by atoms with Crippen molar-refractivity contribution in [3.05, 3.63) is 34.4 Å². The SMILES string of the molecule is Cc1noc(-c2ccc(Br)cc2)c1N.O=C1CCCCC1. The zero-order valence-electron chi connectivity index (χ0n) is 12.1. The van der Waals surface area contributed by atoms with Gasteiger partial charge in [-0.3, -0.25) is 4.79 Å². The Balaban J connectivity index is 0.000000194. The molecule has 1 heterocycles. The Morgan fingerprint density at radius 1 is 1.14 bits per heavy atom. The van der Waals surface area contributed by atoms with Crippen molar-refractivity contribution in [2.24, 2.45) is 0 Å². The number of ketones is 1. The van der Waals surface area contributed by atoms with Crippen molar-refractivity contribution in [3.63, 3.8) is 0 Å². The minimum absolute atomic E-state index is 0.464. The fraction of sp³-hybridized carbons (Fsp3) is 0.375. The fourth-order valence-electron chi connectivity index (χ4n) is 2.13. The minimum Gasteiger partial charge on any atom is -0.394 e. The lowest BCUT2D eigenvalue weighted by Gasteiger charge is -2.05. The molecular formula is C16H19BrN2O2. The van der Waals surface area contributed by atoms with Crippen LogP contribution in [0.3, 0.4) is 0 Å². The van der Waals surface area contributed by atoms with E-state index in [0.717, 1.165) is 41.4 Å². The first-order valence-electron chi connectivity index (χ1n) is 7.07. The molecule has 1 aliphatic rings. The third-order valence-electron chi connectivity index (χ3n) is 3.43. The number of carbonyl (C=O) groups excluding carboxylic acids is 1. The van der Waals surface area contributed by atoms with E-state index in [1.165, 1.54) is 6.42 Å². The number of nitrogens with two attached hydrogens (primary N) is 1. The predicted molar refractivity (Wildman–Crippen MR) is 86.9 cm³/mol. The van der Waals surface area contributed by atoms with Crippen molar-refractivity contribution in [1.82, 2.24) is 5.16 Å². The van der Waals surface area contributed by atoms with Crippen LogP contribution < -0.4 is 5.73 Å². The highest BCUT2D eigenvalue weighted by molar-refractivity contribution is 9.10. The summed E-state index contributed by atoms with van der Waals surface area (Å²) in [6.07, 6.45) is 5.24. The zero-order valence-corrected chi connectivity index (χ0v) is 13.6. The topological polar surface area (TPSA) is 69.1 Å². The predicted octanol–water partition coefficient (Wildman–Crippen LogP) is 4.51. The normalized spacial score (nSPS) is 14.5. The van der Waals surface area contributed by atoms with Gasteiger partial charge in [0.15, 0.2) is 5.76 Å². The number of halogens is 1. The van der Waals surface area contributed by atoms with Gasteiger partial charge in [-0.15, -0.1) is 0 Å². The van der Waals surface area contributed by atoms with Crippen LogP contribution in [-0.4, -0.2) is 10.9 Å². The van der Waals surface area contributed by atoms with Gasteiger partial charge in [0.1, 0.15) is 17.2 Å². The van der Waals surface area contributed by atoms with Crippen LogP contribution in [0.4, 0.5) is 5.69 Å². The Hall–Kier alpha value is -1.62. The molecule has 1 aromatic heterocycles. The smallest absolute Gasteiger partial charge is 0.189 e. The molecule has 0 unspecified atom stereocenters. The van der Waals surface area contributed by atoms with E-state index in [-0.39, 0.29) is 0 Å². The van der Waals surface area contributed by atoms with E-state index in [1.54, 1.807) is 0 Å². The van der Waals surface area contributed by atoms with Gasteiger partial charge in [0.2, 0.25) is 0 Å². The summed E-state index contributed by atoms with van der Waals surface area (Å²) in [5.74, 6) is 1.10. The first kappa shape index (κ1) is 15.8. The van der Waals surface area contributed by atoms with Crippen molar-refractivity contribution in [3.8, 4) is 11.3 Å². The summed E-state index contributed by atoms with van der Waals surface area (Å²) < 4.78 is 6.15. The van der Waals surface area contributed by atoms with Crippen molar-refractivity contribution >= 4 is 27.4 Å². The lowest BCUT2D eigenvalue weighted by atomic mass is 10.00. The van der Waals surface area contributed by atoms with Crippen LogP contribution in [0.2, 0.25) is 0 Å². The molecule has 1 fully saturated rings. The molecule has 0 aliphatic heterocycles. The van der Waals surface area contributed by atoms with Crippen LogP contribution in [0.1, 0.15) is 37.8 Å². The molecular weight excluding hydrogens is 332 g/mol. The summed E-state index contributed by atoms with van der Waals surface area (Å²) in [5, 5.41) is 3.80. The van der Waals surface area contributed by atoms with Crippen LogP contribution in [-0.2, 0) is 4.79 Å². The first-order valence-corrected chi connectivity index (χ1v) is 7.86. The highest BCUT2D eigenvalue weighted by atomic mass is 79.9. The molecule has 4 nitrogen and oxygen atoms in total. The molecule has 0 spiro atoms. The molecule has 0 radical (unpaired) electrons. The monoisotopic (exact) mass is 350 g/mol. The third kappa shape index (κ3) is 4.43. The number of Topliss-reactive ketones (excluding diaryl/α,β-unsaturated/α-hetero) is 1. The van der Waals surface area contributed by atoms with E-state index in [2.05, 4.69) is 21.1 Å². The van der Waals surface area contributed by atoms with Crippen molar-refractivity contribution in [2.75, 3.05) is 5.73 Å². The summed E-state index contributed by atoms with van der Waals surface area (Å²) in [4.78, 5) is 10.5. The van der Waals surface area contributed by atoms with Crippen molar-refractivity contribution in [2.45, 2.75) is 39.0 Å². The second kappa shape index (κ2) is 7.41. The number of rotatable bonds is 1. The number of nitrogens with zero attached hydrogens (tertiary/aromatic N) is 1. The molecule has 0 atom stereocenters. The van der Waals surface area contributed by atoms with Gasteiger partial charge in [0.05, 0.1) is 0 Å². The quantitative estimate of drug-likeness (QED) is 0.820. The van der Waals surface area contributed by atoms with Crippen molar-refractivity contribution in [1.29, 1.82) is 0 Å². The number of hydrogen-bond acceptors (Lipinski definition) is 4. The molecule has 0 bridgehead atoms. The van der Waals surface area contributed by atoms with E-state index in [4.69, 9.17) is 10.3 Å². The summed E-state index contributed by atoms with van der Waals surface area (Å²) in [6.45, 7) is 1.82. The molecule has 5 heteroatoms. The molecule has 21 heavy (non-hydrogen) atoms. The lowest BCUT2D eigenvalue weighted by Crippen LogP contribution is -2.02. The average Bonchev–Trinajstić information content (AvgIpc) is 2.82. The van der Waals surface area contributed by atoms with Crippen molar-refractivity contribution < 1.29 is 9.32 Å². The van der Waals surface area contributed by atoms with Gasteiger partial charge in [-0.2, -0.15) is 0 Å². The molecule has 0 saturated heterocycles. The molecule has 2 N–H and O–H groups in total. The number of aromatic nitrogens is 1. The summed E-state index contributed by atoms with van der Waals surface area (Å²) >= 11 is 3.36. The Bertz CT molecular complexity index is 597. The van der Waals surface area contributed by atoms with E-state index >= 15 is 0 Å². The maximum Gasteiger partial charge on any atom is 0.189 e. The van der Waals surface area contributed by atoms with Gasteiger partial charge in [-0.25, -0.2) is 0 Å². The molecule has 3 rings (SSSR count). The molecule has 1 saturated carbocycles. The highest BCUT2D eigenvalue weighted by Crippen LogP contribution is 2.28. The van der Waals surface area contributed by atoms with Gasteiger partial charge in [-0.05, 0) is 44.0 Å². The van der Waals surface area contributed by atoms with Crippen LogP contribution >= 0.6 is 15.9 Å². The molecule has 2 aromatic rings. The molecule has 1 aromatic carbocycles. The summed E-state index contributed by atoms with van der Waals surface area (Å²) in [6, 6.07) is 7.74. The second-order valence-electron chi connectivity index (χ2n) is 5.12. The molecule has 0 amide bonds. The van der Waals surface area contributed by atoms with Gasteiger partial charge in [-0.1, -0.05) is 27.5 Å². The van der Waals surface area contributed by atoms with Crippen LogP contribution in [0.15, 0.2) is 33.3 Å². The molecule has 1 aliphatic carbocycles. The number of benzene rings is 1. The lowest BCUT2D eigenvalue weighted by molar-refractivity contribution is -0.120. The largest absolute Gasteiger partial charge is 0.394 e. The zero-order chi connectivity index (χ0) is 15.2. The maximum atomic E-state index is 10.5. The van der Waals surface area contributed by atoms with Gasteiger partial charge in [0.25, 0.3) is 0 Å². The van der Waals surface area contributed by atoms with Crippen LogP contribution in [0.5, 0.6) is 0 Å². The van der Waals surface area contributed by atoms with Gasteiger partial charge >= 0.3 is 0 Å². The second-order valence-corrected chi connectivity index (χ2v) is 6.03. The van der Waals surface area contributed by atoms with Gasteiger partial charge < -0.3 is 10.3 Å². The number of nitrogen functional groups attached to an aromatic ring is 1. The first-order chi connectivity index (χ1) is 10.1. The minimum atomic E-state index is 0.464. The Morgan fingerprint density at radius 3 is 2.19 bits per heavy atom. The average molecular weight is 351 g/mol. The fourth-order valence-corrected chi connectivity index (χ4v) is 2.40. The van der Waals surface area contributed by atoms with E-state index in [0.29, 0.717) is 17.2 Å². The Kier molecular flexibility index (Phi) is 5.56. The van der Waals surface area contributed by atoms with E-state index in [9.17, 15) is 4.79 Å². The Morgan fingerprint density at radius 2 is 1.76 bits per heavy atom. The Labute approximate surface area is 132 Å². The number of aryl methyl sites for hydroxylation is 1.